The molecule has 2 N–H and O–H groups in total. The number of fused-ring (bicyclic) bond motifs is 1. The zero-order chi connectivity index (χ0) is 15.2. The number of nitrogens with one attached hydrogen (secondary N) is 2. The highest BCUT2D eigenvalue weighted by Crippen LogP contribution is 2.36. The molecule has 2 rings (SSSR count). The van der Waals surface area contributed by atoms with E-state index in [1.807, 2.05) is 24.3 Å². The average Bonchev–Trinajstić information content (AvgIpc) is 2.49. The Morgan fingerprint density at radius 2 is 2.10 bits per heavy atom. The first-order valence-corrected chi connectivity index (χ1v) is 7.41. The van der Waals surface area contributed by atoms with Crippen molar-refractivity contribution in [2.45, 2.75) is 22.9 Å². The second-order valence-electron chi connectivity index (χ2n) is 4.50. The monoisotopic (exact) mass is 310 g/mol. The van der Waals surface area contributed by atoms with Gasteiger partial charge in [-0.1, -0.05) is 12.1 Å². The van der Waals surface area contributed by atoms with Crippen LogP contribution in [-0.2, 0) is 19.1 Å². The summed E-state index contributed by atoms with van der Waals surface area (Å²) in [5.41, 5.74) is 0.794. The molecule has 0 radical (unpaired) electrons. The van der Waals surface area contributed by atoms with Crippen LogP contribution in [0.1, 0.15) is 6.42 Å². The Morgan fingerprint density at radius 3 is 2.81 bits per heavy atom. The number of carbonyl (C=O) groups excluding carboxylic acids is 2. The summed E-state index contributed by atoms with van der Waals surface area (Å²) < 4.78 is 9.97. The molecule has 1 heterocycles. The van der Waals surface area contributed by atoms with Gasteiger partial charge < -0.3 is 20.1 Å². The van der Waals surface area contributed by atoms with E-state index in [1.54, 1.807) is 0 Å². The van der Waals surface area contributed by atoms with Crippen LogP contribution in [0, 0.1) is 0 Å². The van der Waals surface area contributed by atoms with Gasteiger partial charge in [0.2, 0.25) is 11.8 Å². The van der Waals surface area contributed by atoms with Gasteiger partial charge in [0.1, 0.15) is 0 Å². The van der Waals surface area contributed by atoms with Crippen molar-refractivity contribution in [3.05, 3.63) is 24.3 Å². The van der Waals surface area contributed by atoms with Crippen molar-refractivity contribution in [3.63, 3.8) is 0 Å². The van der Waals surface area contributed by atoms with Gasteiger partial charge in [0.25, 0.3) is 0 Å². The zero-order valence-corrected chi connectivity index (χ0v) is 12.7. The Labute approximate surface area is 127 Å². The van der Waals surface area contributed by atoms with Crippen LogP contribution in [0.5, 0.6) is 0 Å². The van der Waals surface area contributed by atoms with Crippen LogP contribution < -0.4 is 10.6 Å². The number of ether oxygens (including phenoxy) is 2. The quantitative estimate of drug-likeness (QED) is 0.773. The summed E-state index contributed by atoms with van der Waals surface area (Å²) in [6.07, 6.45) is -0.368. The number of hydrogen-bond acceptors (Lipinski definition) is 5. The van der Waals surface area contributed by atoms with Crippen molar-refractivity contribution < 1.29 is 19.1 Å². The first-order chi connectivity index (χ1) is 10.1. The summed E-state index contributed by atoms with van der Waals surface area (Å²) in [5.74, 6) is -0.356. The third kappa shape index (κ3) is 4.20. The third-order valence-corrected chi connectivity index (χ3v) is 4.34. The van der Waals surface area contributed by atoms with E-state index < -0.39 is 11.5 Å². The Balaban J connectivity index is 1.88. The number of amides is 2. The Bertz CT molecular complexity index is 519. The van der Waals surface area contributed by atoms with Crippen LogP contribution in [0.15, 0.2) is 29.2 Å². The standard InChI is InChI=1S/C14H18N2O4S/c1-19-13(20-2)8-15-12(17)7-11-14(18)16-9-5-3-4-6-10(9)21-11/h3-6,11,13H,7-8H2,1-2H3,(H,15,17)(H,16,18)/t11-/m0/s1. The molecule has 0 saturated heterocycles. The van der Waals surface area contributed by atoms with E-state index in [0.717, 1.165) is 10.6 Å². The molecule has 0 bridgehead atoms. The number of rotatable bonds is 6. The molecule has 21 heavy (non-hydrogen) atoms. The molecule has 1 aromatic carbocycles. The fourth-order valence-electron chi connectivity index (χ4n) is 1.93. The number of thioether (sulfide) groups is 1. The second kappa shape index (κ2) is 7.44. The van der Waals surface area contributed by atoms with Gasteiger partial charge in [-0.25, -0.2) is 0 Å². The molecule has 0 fully saturated rings. The normalized spacial score (nSPS) is 17.3. The fraction of sp³-hybridized carbons (Fsp3) is 0.429. The van der Waals surface area contributed by atoms with Crippen LogP contribution in [0.3, 0.4) is 0 Å². The summed E-state index contributed by atoms with van der Waals surface area (Å²) in [6, 6.07) is 7.54. The van der Waals surface area contributed by atoms with E-state index in [4.69, 9.17) is 9.47 Å². The van der Waals surface area contributed by atoms with E-state index in [0.29, 0.717) is 0 Å². The molecule has 1 aliphatic heterocycles. The molecule has 7 heteroatoms. The first kappa shape index (κ1) is 15.8. The van der Waals surface area contributed by atoms with Crippen molar-refractivity contribution in [1.29, 1.82) is 0 Å². The summed E-state index contributed by atoms with van der Waals surface area (Å²) in [6.45, 7) is 0.251. The second-order valence-corrected chi connectivity index (χ2v) is 5.75. The van der Waals surface area contributed by atoms with Gasteiger partial charge in [-0.2, -0.15) is 0 Å². The van der Waals surface area contributed by atoms with Crippen LogP contribution in [-0.4, -0.2) is 44.1 Å². The molecule has 0 aromatic heterocycles. The van der Waals surface area contributed by atoms with Gasteiger partial charge in [-0.05, 0) is 12.1 Å². The number of benzene rings is 1. The van der Waals surface area contributed by atoms with Crippen LogP contribution >= 0.6 is 11.8 Å². The molecule has 0 saturated carbocycles. The molecular weight excluding hydrogens is 292 g/mol. The molecule has 1 aromatic rings. The molecule has 114 valence electrons. The highest BCUT2D eigenvalue weighted by molar-refractivity contribution is 8.01. The lowest BCUT2D eigenvalue weighted by Crippen LogP contribution is -2.38. The van der Waals surface area contributed by atoms with Crippen molar-refractivity contribution in [3.8, 4) is 0 Å². The van der Waals surface area contributed by atoms with E-state index in [2.05, 4.69) is 10.6 Å². The topological polar surface area (TPSA) is 76.7 Å². The van der Waals surface area contributed by atoms with E-state index in [9.17, 15) is 9.59 Å². The lowest BCUT2D eigenvalue weighted by Gasteiger charge is -2.23. The lowest BCUT2D eigenvalue weighted by molar-refractivity contribution is -0.128. The van der Waals surface area contributed by atoms with E-state index in [-0.39, 0.29) is 24.8 Å². The Hall–Kier alpha value is -1.57. The van der Waals surface area contributed by atoms with Crippen LogP contribution in [0.4, 0.5) is 5.69 Å². The van der Waals surface area contributed by atoms with Gasteiger partial charge in [-0.3, -0.25) is 9.59 Å². The molecule has 2 amide bonds. The summed E-state index contributed by atoms with van der Waals surface area (Å²) in [7, 11) is 3.00. The van der Waals surface area contributed by atoms with Crippen molar-refractivity contribution in [2.24, 2.45) is 0 Å². The molecule has 0 spiro atoms. The molecular formula is C14H18N2O4S. The van der Waals surface area contributed by atoms with Gasteiger partial charge in [0, 0.05) is 25.5 Å². The maximum absolute atomic E-state index is 12.0. The molecule has 0 aliphatic carbocycles. The number of methoxy groups -OCH3 is 2. The third-order valence-electron chi connectivity index (χ3n) is 3.07. The molecule has 6 nitrogen and oxygen atoms in total. The minimum Gasteiger partial charge on any atom is -0.354 e. The SMILES string of the molecule is COC(CNC(=O)C[C@@H]1Sc2ccccc2NC1=O)OC. The lowest BCUT2D eigenvalue weighted by atomic mass is 10.2. The molecule has 0 unspecified atom stereocenters. The minimum absolute atomic E-state index is 0.116. The Kier molecular flexibility index (Phi) is 5.60. The summed E-state index contributed by atoms with van der Waals surface area (Å²) >= 11 is 1.40. The van der Waals surface area contributed by atoms with E-state index >= 15 is 0 Å². The number of para-hydroxylation sites is 1. The largest absolute Gasteiger partial charge is 0.354 e. The fourth-order valence-corrected chi connectivity index (χ4v) is 3.04. The first-order valence-electron chi connectivity index (χ1n) is 6.53. The average molecular weight is 310 g/mol. The highest BCUT2D eigenvalue weighted by atomic mass is 32.2. The predicted molar refractivity (Wildman–Crippen MR) is 80.1 cm³/mol. The highest BCUT2D eigenvalue weighted by Gasteiger charge is 2.28. The van der Waals surface area contributed by atoms with Crippen LogP contribution in [0.2, 0.25) is 0 Å². The maximum Gasteiger partial charge on any atom is 0.238 e. The van der Waals surface area contributed by atoms with Gasteiger partial charge in [0.15, 0.2) is 6.29 Å². The Morgan fingerprint density at radius 1 is 1.38 bits per heavy atom. The van der Waals surface area contributed by atoms with Crippen molar-refractivity contribution in [1.82, 2.24) is 5.32 Å². The molecule has 1 atom stereocenters. The van der Waals surface area contributed by atoms with Gasteiger partial charge >= 0.3 is 0 Å². The minimum atomic E-state index is -0.484. The van der Waals surface area contributed by atoms with E-state index in [1.165, 1.54) is 26.0 Å². The smallest absolute Gasteiger partial charge is 0.238 e. The summed E-state index contributed by atoms with van der Waals surface area (Å²) in [5, 5.41) is 5.08. The predicted octanol–water partition coefficient (Wildman–Crippen LogP) is 1.22. The van der Waals surface area contributed by atoms with Crippen molar-refractivity contribution in [2.75, 3.05) is 26.1 Å². The maximum atomic E-state index is 12.0. The zero-order valence-electron chi connectivity index (χ0n) is 11.9. The van der Waals surface area contributed by atoms with Crippen LogP contribution in [0.25, 0.3) is 0 Å². The number of anilines is 1. The molecule has 1 aliphatic rings. The van der Waals surface area contributed by atoms with Gasteiger partial charge in [0.05, 0.1) is 17.5 Å². The number of carbonyl (C=O) groups is 2. The number of hydrogen-bond donors (Lipinski definition) is 2. The van der Waals surface area contributed by atoms with Gasteiger partial charge in [-0.15, -0.1) is 11.8 Å². The summed E-state index contributed by atoms with van der Waals surface area (Å²) in [4.78, 5) is 24.8. The van der Waals surface area contributed by atoms with Crippen molar-refractivity contribution >= 4 is 29.3 Å².